The molecule has 4 nitrogen and oxygen atoms in total. The van der Waals surface area contributed by atoms with Crippen molar-refractivity contribution < 1.29 is 14.3 Å². The van der Waals surface area contributed by atoms with E-state index >= 15 is 0 Å². The maximum absolute atomic E-state index is 12.7. The predicted octanol–water partition coefficient (Wildman–Crippen LogP) is 4.49. The fraction of sp³-hybridized carbons (Fsp3) is 0.364. The fourth-order valence-corrected chi connectivity index (χ4v) is 3.87. The van der Waals surface area contributed by atoms with Gasteiger partial charge in [0.2, 0.25) is 0 Å². The van der Waals surface area contributed by atoms with E-state index in [2.05, 4.69) is 24.3 Å². The lowest BCUT2D eigenvalue weighted by molar-refractivity contribution is -0.129. The van der Waals surface area contributed by atoms with Gasteiger partial charge in [0.05, 0.1) is 6.61 Å². The molecule has 1 fully saturated rings. The summed E-state index contributed by atoms with van der Waals surface area (Å²) in [4.78, 5) is 15.5. The lowest BCUT2D eigenvalue weighted by Gasteiger charge is -2.13. The fourth-order valence-electron chi connectivity index (χ4n) is 3.17. The zero-order chi connectivity index (χ0) is 19.9. The molecule has 0 aromatic heterocycles. The van der Waals surface area contributed by atoms with Gasteiger partial charge in [-0.3, -0.25) is 9.69 Å². The number of amides is 1. The summed E-state index contributed by atoms with van der Waals surface area (Å²) >= 11 is 6.99. The Morgan fingerprint density at radius 2 is 1.79 bits per heavy atom. The maximum atomic E-state index is 12.7. The number of hydrogen-bond donors (Lipinski definition) is 0. The van der Waals surface area contributed by atoms with Crippen molar-refractivity contribution in [3.8, 4) is 5.75 Å². The van der Waals surface area contributed by atoms with Crippen LogP contribution in [0.15, 0.2) is 53.4 Å². The van der Waals surface area contributed by atoms with Crippen LogP contribution in [0.1, 0.15) is 24.5 Å². The van der Waals surface area contributed by atoms with Gasteiger partial charge in [-0.2, -0.15) is 0 Å². The van der Waals surface area contributed by atoms with Crippen LogP contribution in [0.2, 0.25) is 0 Å². The van der Waals surface area contributed by atoms with Gasteiger partial charge < -0.3 is 9.47 Å². The van der Waals surface area contributed by atoms with Gasteiger partial charge in [-0.15, -0.1) is 11.8 Å². The first-order chi connectivity index (χ1) is 13.6. The van der Waals surface area contributed by atoms with Crippen molar-refractivity contribution in [2.45, 2.75) is 37.2 Å². The molecule has 2 aromatic carbocycles. The van der Waals surface area contributed by atoms with Gasteiger partial charge in [0, 0.05) is 17.9 Å². The lowest BCUT2D eigenvalue weighted by Crippen LogP contribution is -2.33. The van der Waals surface area contributed by atoms with E-state index in [9.17, 15) is 4.79 Å². The van der Waals surface area contributed by atoms with Crippen LogP contribution in [-0.2, 0) is 22.4 Å². The number of thioether (sulfide) groups is 1. The molecule has 1 heterocycles. The highest BCUT2D eigenvalue weighted by atomic mass is 32.2. The monoisotopic (exact) mass is 415 g/mol. The molecule has 28 heavy (non-hydrogen) atoms. The Morgan fingerprint density at radius 1 is 1.11 bits per heavy atom. The van der Waals surface area contributed by atoms with E-state index in [1.807, 2.05) is 37.4 Å². The number of nitrogens with zero attached hydrogens (tertiary/aromatic N) is 1. The van der Waals surface area contributed by atoms with Crippen molar-refractivity contribution in [2.24, 2.45) is 0 Å². The maximum Gasteiger partial charge on any atom is 0.271 e. The summed E-state index contributed by atoms with van der Waals surface area (Å²) in [6.07, 6.45) is 3.78. The van der Waals surface area contributed by atoms with Gasteiger partial charge in [-0.25, -0.2) is 0 Å². The highest BCUT2D eigenvalue weighted by Gasteiger charge is 2.37. The third-order valence-electron chi connectivity index (χ3n) is 4.67. The minimum Gasteiger partial charge on any atom is -0.494 e. The molecule has 1 unspecified atom stereocenters. The largest absolute Gasteiger partial charge is 0.494 e. The second-order valence-electron chi connectivity index (χ2n) is 6.59. The second-order valence-corrected chi connectivity index (χ2v) is 7.82. The van der Waals surface area contributed by atoms with E-state index in [1.165, 1.54) is 10.5 Å². The molecule has 2 aromatic rings. The zero-order valence-corrected chi connectivity index (χ0v) is 17.9. The van der Waals surface area contributed by atoms with E-state index in [-0.39, 0.29) is 5.91 Å². The number of ether oxygens (including phenoxy) is 2. The van der Waals surface area contributed by atoms with Crippen molar-refractivity contribution in [3.05, 3.63) is 59.7 Å². The van der Waals surface area contributed by atoms with E-state index < -0.39 is 6.10 Å². The summed E-state index contributed by atoms with van der Waals surface area (Å²) < 4.78 is 11.1. The summed E-state index contributed by atoms with van der Waals surface area (Å²) in [6.45, 7) is 3.21. The third kappa shape index (κ3) is 5.26. The summed E-state index contributed by atoms with van der Waals surface area (Å²) in [6, 6.07) is 16.3. The average Bonchev–Trinajstić information content (AvgIpc) is 2.97. The van der Waals surface area contributed by atoms with Crippen molar-refractivity contribution in [3.63, 3.8) is 0 Å². The Labute approximate surface area is 176 Å². The molecule has 0 saturated carbocycles. The Bertz CT molecular complexity index is 806. The summed E-state index contributed by atoms with van der Waals surface area (Å²) in [7, 11) is 0. The van der Waals surface area contributed by atoms with Crippen LogP contribution in [0.5, 0.6) is 5.75 Å². The topological polar surface area (TPSA) is 38.8 Å². The lowest BCUT2D eigenvalue weighted by atomic mass is 10.1. The second kappa shape index (κ2) is 9.94. The van der Waals surface area contributed by atoms with Gasteiger partial charge in [-0.1, -0.05) is 24.3 Å². The van der Waals surface area contributed by atoms with Crippen LogP contribution >= 0.6 is 24.0 Å². The van der Waals surface area contributed by atoms with E-state index in [4.69, 9.17) is 21.7 Å². The normalized spacial score (nSPS) is 16.4. The first kappa shape index (κ1) is 20.7. The molecule has 148 valence electrons. The van der Waals surface area contributed by atoms with Crippen LogP contribution < -0.4 is 4.74 Å². The number of hydrogen-bond acceptors (Lipinski definition) is 5. The van der Waals surface area contributed by atoms with Crippen LogP contribution in [0.4, 0.5) is 0 Å². The average molecular weight is 416 g/mol. The van der Waals surface area contributed by atoms with Crippen LogP contribution in [-0.4, -0.2) is 41.5 Å². The Hall–Kier alpha value is -2.05. The minimum atomic E-state index is -0.516. The summed E-state index contributed by atoms with van der Waals surface area (Å²) in [5.41, 5.74) is 2.29. The number of carbonyl (C=O) groups is 1. The Morgan fingerprint density at radius 3 is 2.43 bits per heavy atom. The van der Waals surface area contributed by atoms with Gasteiger partial charge in [0.25, 0.3) is 11.1 Å². The standard InChI is InChI=1S/C22H25NO3S2/c1-3-25-18-10-6-16(7-11-18)5-4-14-23-21(24)20(26-22(23)27)15-17-8-12-19(28-2)13-9-17/h6-13,20H,3-5,14-15H2,1-2H3. The number of rotatable bonds is 9. The molecule has 0 radical (unpaired) electrons. The van der Waals surface area contributed by atoms with E-state index in [0.29, 0.717) is 24.7 Å². The van der Waals surface area contributed by atoms with Crippen molar-refractivity contribution in [1.82, 2.24) is 4.90 Å². The SMILES string of the molecule is CCOc1ccc(CCCN2C(=O)C(Cc3ccc(SC)cc3)OC2=S)cc1. The van der Waals surface area contributed by atoms with Crippen LogP contribution in [0.3, 0.4) is 0 Å². The molecule has 0 N–H and O–H groups in total. The zero-order valence-electron chi connectivity index (χ0n) is 16.2. The molecule has 0 spiro atoms. The number of thiocarbonyl (C=S) groups is 1. The van der Waals surface area contributed by atoms with Crippen molar-refractivity contribution >= 4 is 35.1 Å². The molecule has 3 rings (SSSR count). The van der Waals surface area contributed by atoms with Gasteiger partial charge in [0.1, 0.15) is 5.75 Å². The quantitative estimate of drug-likeness (QED) is 0.446. The highest BCUT2D eigenvalue weighted by Crippen LogP contribution is 2.21. The highest BCUT2D eigenvalue weighted by molar-refractivity contribution is 7.98. The van der Waals surface area contributed by atoms with E-state index in [1.54, 1.807) is 16.7 Å². The molecule has 1 atom stereocenters. The molecule has 1 aliphatic heterocycles. The molecular formula is C22H25NO3S2. The first-order valence-electron chi connectivity index (χ1n) is 9.47. The molecule has 1 aliphatic rings. The minimum absolute atomic E-state index is 0.0364. The summed E-state index contributed by atoms with van der Waals surface area (Å²) in [5, 5.41) is 0.294. The summed E-state index contributed by atoms with van der Waals surface area (Å²) in [5.74, 6) is 0.842. The molecule has 1 amide bonds. The molecular weight excluding hydrogens is 390 g/mol. The van der Waals surface area contributed by atoms with Gasteiger partial charge >= 0.3 is 0 Å². The predicted molar refractivity (Wildman–Crippen MR) is 117 cm³/mol. The molecule has 0 aliphatic carbocycles. The Balaban J connectivity index is 1.50. The Kier molecular flexibility index (Phi) is 7.34. The van der Waals surface area contributed by atoms with Gasteiger partial charge in [-0.05, 0) is 73.6 Å². The van der Waals surface area contributed by atoms with E-state index in [0.717, 1.165) is 24.2 Å². The number of carbonyl (C=O) groups excluding carboxylic acids is 1. The van der Waals surface area contributed by atoms with Crippen LogP contribution in [0.25, 0.3) is 0 Å². The number of aryl methyl sites for hydroxylation is 1. The smallest absolute Gasteiger partial charge is 0.271 e. The first-order valence-corrected chi connectivity index (χ1v) is 11.1. The van der Waals surface area contributed by atoms with Crippen molar-refractivity contribution in [2.75, 3.05) is 19.4 Å². The molecule has 6 heteroatoms. The number of benzene rings is 2. The van der Waals surface area contributed by atoms with Crippen LogP contribution in [0, 0.1) is 0 Å². The third-order valence-corrected chi connectivity index (χ3v) is 5.73. The molecule has 0 bridgehead atoms. The van der Waals surface area contributed by atoms with Gasteiger partial charge in [0.15, 0.2) is 6.10 Å². The molecule has 1 saturated heterocycles. The van der Waals surface area contributed by atoms with Crippen molar-refractivity contribution in [1.29, 1.82) is 0 Å².